The van der Waals surface area contributed by atoms with Crippen LogP contribution in [-0.2, 0) is 0 Å². The number of benzene rings is 2. The van der Waals surface area contributed by atoms with Crippen molar-refractivity contribution in [1.82, 2.24) is 19.5 Å². The SMILES string of the molecule is CNc1ncc(-c2nc3c(n2C(C)C)C(c2ccc(C#N)c(F)c2)N(c2cccc(Cl)c2F)C3=O)c(OC)n1. The first-order valence-corrected chi connectivity index (χ1v) is 12.3. The number of nitrogens with one attached hydrogen (secondary N) is 1. The molecule has 1 N–H and O–H groups in total. The van der Waals surface area contributed by atoms with Crippen LogP contribution in [0.5, 0.6) is 5.88 Å². The lowest BCUT2D eigenvalue weighted by molar-refractivity contribution is 0.0988. The monoisotopic (exact) mass is 549 g/mol. The maximum Gasteiger partial charge on any atom is 0.279 e. The van der Waals surface area contributed by atoms with E-state index in [4.69, 9.17) is 16.3 Å². The third kappa shape index (κ3) is 4.13. The van der Waals surface area contributed by atoms with Crippen molar-refractivity contribution in [3.8, 4) is 23.3 Å². The van der Waals surface area contributed by atoms with Gasteiger partial charge in [-0.3, -0.25) is 9.69 Å². The van der Waals surface area contributed by atoms with Crippen LogP contribution in [0.4, 0.5) is 20.4 Å². The highest BCUT2D eigenvalue weighted by Gasteiger charge is 2.46. The van der Waals surface area contributed by atoms with Crippen molar-refractivity contribution in [3.63, 3.8) is 0 Å². The minimum Gasteiger partial charge on any atom is -0.480 e. The Morgan fingerprint density at radius 2 is 1.97 bits per heavy atom. The molecule has 0 saturated heterocycles. The third-order valence-electron chi connectivity index (χ3n) is 6.43. The molecule has 1 unspecified atom stereocenters. The standard InChI is InChI=1S/C27H22ClF2N7O2/c1-13(2)36-23-21(34-24(36)16-12-33-27(32-3)35-25(16)39-4)26(38)37(19-7-5-6-17(28)20(19)30)22(23)14-8-9-15(11-31)18(29)10-14/h5-10,12-13,22H,1-4H3,(H,32,33,35). The van der Waals surface area contributed by atoms with Gasteiger partial charge in [-0.05, 0) is 43.7 Å². The van der Waals surface area contributed by atoms with Gasteiger partial charge in [0.25, 0.3) is 5.91 Å². The van der Waals surface area contributed by atoms with Gasteiger partial charge in [-0.25, -0.2) is 18.7 Å². The van der Waals surface area contributed by atoms with Crippen LogP contribution in [0.3, 0.4) is 0 Å². The van der Waals surface area contributed by atoms with Crippen molar-refractivity contribution in [1.29, 1.82) is 5.26 Å². The molecule has 9 nitrogen and oxygen atoms in total. The number of imidazole rings is 1. The second-order valence-electron chi connectivity index (χ2n) is 9.00. The lowest BCUT2D eigenvalue weighted by atomic mass is 10.0. The van der Waals surface area contributed by atoms with Gasteiger partial charge in [0.05, 0.1) is 34.6 Å². The summed E-state index contributed by atoms with van der Waals surface area (Å²) >= 11 is 6.07. The van der Waals surface area contributed by atoms with Gasteiger partial charge in [0.2, 0.25) is 11.8 Å². The third-order valence-corrected chi connectivity index (χ3v) is 6.73. The van der Waals surface area contributed by atoms with Crippen molar-refractivity contribution < 1.29 is 18.3 Å². The smallest absolute Gasteiger partial charge is 0.279 e. The number of amides is 1. The molecule has 0 spiro atoms. The molecule has 4 aromatic rings. The number of halogens is 3. The van der Waals surface area contributed by atoms with Gasteiger partial charge in [0.15, 0.2) is 11.5 Å². The Bertz CT molecular complexity index is 1660. The average Bonchev–Trinajstić information content (AvgIpc) is 3.44. The van der Waals surface area contributed by atoms with Gasteiger partial charge in [-0.1, -0.05) is 23.7 Å². The molecule has 1 aliphatic rings. The Kier molecular flexibility index (Phi) is 6.66. The average molecular weight is 550 g/mol. The number of ether oxygens (including phenoxy) is 1. The molecule has 1 amide bonds. The quantitative estimate of drug-likeness (QED) is 0.337. The lowest BCUT2D eigenvalue weighted by Crippen LogP contribution is -2.31. The topological polar surface area (TPSA) is 109 Å². The van der Waals surface area contributed by atoms with E-state index >= 15 is 4.39 Å². The summed E-state index contributed by atoms with van der Waals surface area (Å²) in [5, 5.41) is 11.9. The zero-order valence-corrected chi connectivity index (χ0v) is 22.1. The molecule has 3 heterocycles. The Morgan fingerprint density at radius 3 is 2.62 bits per heavy atom. The predicted octanol–water partition coefficient (Wildman–Crippen LogP) is 5.52. The summed E-state index contributed by atoms with van der Waals surface area (Å²) < 4.78 is 37.5. The number of aromatic nitrogens is 4. The fourth-order valence-electron chi connectivity index (χ4n) is 4.75. The Hall–Kier alpha value is -4.56. The minimum absolute atomic E-state index is 0.0487. The van der Waals surface area contributed by atoms with Crippen molar-refractivity contribution in [2.24, 2.45) is 0 Å². The van der Waals surface area contributed by atoms with Crippen LogP contribution >= 0.6 is 11.6 Å². The largest absolute Gasteiger partial charge is 0.480 e. The zero-order chi connectivity index (χ0) is 28.0. The van der Waals surface area contributed by atoms with Crippen molar-refractivity contribution >= 4 is 29.1 Å². The van der Waals surface area contributed by atoms with Gasteiger partial charge in [-0.2, -0.15) is 10.2 Å². The van der Waals surface area contributed by atoms with Crippen molar-refractivity contribution in [2.75, 3.05) is 24.4 Å². The molecule has 0 fully saturated rings. The van der Waals surface area contributed by atoms with E-state index in [0.717, 1.165) is 0 Å². The normalized spacial score (nSPS) is 14.5. The molecule has 2 aromatic carbocycles. The van der Waals surface area contributed by atoms with Gasteiger partial charge in [0.1, 0.15) is 23.8 Å². The second-order valence-corrected chi connectivity index (χ2v) is 9.41. The van der Waals surface area contributed by atoms with E-state index in [2.05, 4.69) is 20.3 Å². The maximum absolute atomic E-state index is 15.3. The van der Waals surface area contributed by atoms with Crippen molar-refractivity contribution in [3.05, 3.63) is 81.8 Å². The molecule has 39 heavy (non-hydrogen) atoms. The molecule has 5 rings (SSSR count). The first-order chi connectivity index (χ1) is 18.7. The maximum atomic E-state index is 15.3. The summed E-state index contributed by atoms with van der Waals surface area (Å²) in [5.41, 5.74) is 0.961. The minimum atomic E-state index is -0.991. The second kappa shape index (κ2) is 9.96. The molecule has 0 bridgehead atoms. The highest BCUT2D eigenvalue weighted by Crippen LogP contribution is 2.46. The number of nitrogens with zero attached hydrogens (tertiary/aromatic N) is 6. The van der Waals surface area contributed by atoms with Gasteiger partial charge in [0, 0.05) is 19.3 Å². The van der Waals surface area contributed by atoms with Crippen LogP contribution in [0.15, 0.2) is 42.6 Å². The highest BCUT2D eigenvalue weighted by atomic mass is 35.5. The van der Waals surface area contributed by atoms with Crippen LogP contribution in [-0.4, -0.2) is 39.6 Å². The Balaban J connectivity index is 1.81. The molecule has 0 saturated carbocycles. The van der Waals surface area contributed by atoms with Crippen LogP contribution in [0.2, 0.25) is 5.02 Å². The molecular weight excluding hydrogens is 528 g/mol. The number of hydrogen-bond donors (Lipinski definition) is 1. The first-order valence-electron chi connectivity index (χ1n) is 11.9. The van der Waals surface area contributed by atoms with Crippen LogP contribution in [0, 0.1) is 23.0 Å². The van der Waals surface area contributed by atoms with Gasteiger partial charge >= 0.3 is 0 Å². The summed E-state index contributed by atoms with van der Waals surface area (Å²) in [7, 11) is 3.13. The van der Waals surface area contributed by atoms with Gasteiger partial charge in [-0.15, -0.1) is 0 Å². The van der Waals surface area contributed by atoms with Crippen LogP contribution in [0.25, 0.3) is 11.4 Å². The lowest BCUT2D eigenvalue weighted by Gasteiger charge is -2.29. The van der Waals surface area contributed by atoms with Crippen LogP contribution in [0.1, 0.15) is 53.2 Å². The summed E-state index contributed by atoms with van der Waals surface area (Å²) in [6, 6.07) is 8.89. The number of nitriles is 1. The molecule has 2 aromatic heterocycles. The van der Waals surface area contributed by atoms with E-state index in [9.17, 15) is 14.4 Å². The summed E-state index contributed by atoms with van der Waals surface area (Å²) in [6.45, 7) is 3.79. The molecule has 0 aliphatic carbocycles. The predicted molar refractivity (Wildman–Crippen MR) is 141 cm³/mol. The molecule has 1 aliphatic heterocycles. The highest BCUT2D eigenvalue weighted by molar-refractivity contribution is 6.31. The van der Waals surface area contributed by atoms with E-state index < -0.39 is 23.6 Å². The van der Waals surface area contributed by atoms with E-state index in [1.165, 1.54) is 54.6 Å². The van der Waals surface area contributed by atoms with E-state index in [1.807, 2.05) is 13.8 Å². The number of carbonyl (C=O) groups is 1. The molecule has 0 radical (unpaired) electrons. The zero-order valence-electron chi connectivity index (χ0n) is 21.3. The van der Waals surface area contributed by atoms with Gasteiger partial charge < -0.3 is 14.6 Å². The summed E-state index contributed by atoms with van der Waals surface area (Å²) in [4.78, 5) is 28.5. The first kappa shape index (κ1) is 26.1. The number of fused-ring (bicyclic) bond motifs is 1. The number of methoxy groups -OCH3 is 1. The fourth-order valence-corrected chi connectivity index (χ4v) is 4.92. The molecule has 198 valence electrons. The number of carbonyl (C=O) groups excluding carboxylic acids is 1. The van der Waals surface area contributed by atoms with E-state index in [-0.39, 0.29) is 33.9 Å². The molecular formula is C27H22ClF2N7O2. The van der Waals surface area contributed by atoms with Crippen LogP contribution < -0.4 is 15.0 Å². The molecule has 12 heteroatoms. The Labute approximate surface area is 227 Å². The van der Waals surface area contributed by atoms with E-state index in [0.29, 0.717) is 28.6 Å². The number of anilines is 2. The summed E-state index contributed by atoms with van der Waals surface area (Å²) in [6.07, 6.45) is 1.53. The molecule has 1 atom stereocenters. The number of hydrogen-bond acceptors (Lipinski definition) is 7. The summed E-state index contributed by atoms with van der Waals surface area (Å²) in [5.74, 6) is -1.26. The van der Waals surface area contributed by atoms with Crippen molar-refractivity contribution in [2.45, 2.75) is 25.9 Å². The fraction of sp³-hybridized carbons (Fsp3) is 0.222. The Morgan fingerprint density at radius 1 is 1.21 bits per heavy atom. The van der Waals surface area contributed by atoms with E-state index in [1.54, 1.807) is 17.7 Å². The number of rotatable bonds is 6.